The van der Waals surface area contributed by atoms with Gasteiger partial charge >= 0.3 is 11.9 Å². The third-order valence-electron chi connectivity index (χ3n) is 2.57. The first-order valence-corrected chi connectivity index (χ1v) is 5.27. The van der Waals surface area contributed by atoms with Gasteiger partial charge in [-0.2, -0.15) is 8.78 Å². The molecule has 1 aliphatic heterocycles. The standard InChI is InChI=1S/C11H8F5NO2/c12-7-1-5(2-8(13)9(7)14)17-4-6-3-11(15,16)10(18)19-6/h1-2,6,17H,3-4H2. The van der Waals surface area contributed by atoms with Crippen molar-refractivity contribution in [2.75, 3.05) is 11.9 Å². The highest BCUT2D eigenvalue weighted by molar-refractivity contribution is 5.79. The average Bonchev–Trinajstić information content (AvgIpc) is 2.57. The van der Waals surface area contributed by atoms with E-state index in [1.807, 2.05) is 0 Å². The van der Waals surface area contributed by atoms with Crippen molar-refractivity contribution in [2.24, 2.45) is 0 Å². The van der Waals surface area contributed by atoms with Gasteiger partial charge in [0, 0.05) is 17.8 Å². The van der Waals surface area contributed by atoms with Gasteiger partial charge in [-0.15, -0.1) is 0 Å². The molecule has 0 aliphatic carbocycles. The number of rotatable bonds is 3. The van der Waals surface area contributed by atoms with Crippen molar-refractivity contribution in [1.82, 2.24) is 0 Å². The number of alkyl halides is 2. The summed E-state index contributed by atoms with van der Waals surface area (Å²) in [4.78, 5) is 10.7. The Balaban J connectivity index is 1.99. The third-order valence-corrected chi connectivity index (χ3v) is 2.57. The van der Waals surface area contributed by atoms with Crippen LogP contribution in [0, 0.1) is 17.5 Å². The maximum atomic E-state index is 12.9. The van der Waals surface area contributed by atoms with E-state index in [4.69, 9.17) is 0 Å². The van der Waals surface area contributed by atoms with Gasteiger partial charge in [-0.3, -0.25) is 0 Å². The fourth-order valence-corrected chi connectivity index (χ4v) is 1.65. The minimum absolute atomic E-state index is 0.136. The summed E-state index contributed by atoms with van der Waals surface area (Å²) >= 11 is 0. The van der Waals surface area contributed by atoms with Crippen LogP contribution in [0.1, 0.15) is 6.42 Å². The van der Waals surface area contributed by atoms with Gasteiger partial charge in [0.1, 0.15) is 6.10 Å². The first-order chi connectivity index (χ1) is 8.79. The van der Waals surface area contributed by atoms with Crippen molar-refractivity contribution in [1.29, 1.82) is 0 Å². The van der Waals surface area contributed by atoms with Gasteiger partial charge in [0.05, 0.1) is 13.0 Å². The van der Waals surface area contributed by atoms with Crippen molar-refractivity contribution in [3.05, 3.63) is 29.6 Å². The second-order valence-electron chi connectivity index (χ2n) is 4.07. The van der Waals surface area contributed by atoms with Crippen LogP contribution >= 0.6 is 0 Å². The molecule has 1 unspecified atom stereocenters. The smallest absolute Gasteiger partial charge is 0.377 e. The molecule has 0 spiro atoms. The topological polar surface area (TPSA) is 38.3 Å². The fraction of sp³-hybridized carbons (Fsp3) is 0.364. The summed E-state index contributed by atoms with van der Waals surface area (Å²) in [6.45, 7) is -0.258. The molecule has 1 heterocycles. The van der Waals surface area contributed by atoms with Crippen LogP contribution in [0.25, 0.3) is 0 Å². The molecule has 1 aliphatic rings. The minimum atomic E-state index is -3.55. The Morgan fingerprint density at radius 2 is 1.84 bits per heavy atom. The van der Waals surface area contributed by atoms with Crippen molar-refractivity contribution in [2.45, 2.75) is 18.4 Å². The largest absolute Gasteiger partial charge is 0.456 e. The predicted molar refractivity (Wildman–Crippen MR) is 54.2 cm³/mol. The summed E-state index contributed by atoms with van der Waals surface area (Å²) in [6, 6.07) is 1.35. The molecule has 3 nitrogen and oxygen atoms in total. The Labute approximate surface area is 104 Å². The van der Waals surface area contributed by atoms with Gasteiger partial charge in [-0.25, -0.2) is 18.0 Å². The van der Waals surface area contributed by atoms with E-state index in [0.717, 1.165) is 0 Å². The fourth-order valence-electron chi connectivity index (χ4n) is 1.65. The van der Waals surface area contributed by atoms with Crippen LogP contribution in [0.2, 0.25) is 0 Å². The second kappa shape index (κ2) is 4.67. The van der Waals surface area contributed by atoms with Crippen molar-refractivity contribution >= 4 is 11.7 Å². The molecule has 0 aromatic heterocycles. The van der Waals surface area contributed by atoms with E-state index in [2.05, 4.69) is 10.1 Å². The lowest BCUT2D eigenvalue weighted by Crippen LogP contribution is -2.22. The van der Waals surface area contributed by atoms with E-state index in [-0.39, 0.29) is 12.2 Å². The Hall–Kier alpha value is -1.86. The molecule has 0 radical (unpaired) electrons. The highest BCUT2D eigenvalue weighted by Crippen LogP contribution is 2.31. The van der Waals surface area contributed by atoms with Crippen LogP contribution < -0.4 is 5.32 Å². The van der Waals surface area contributed by atoms with Gasteiger partial charge in [-0.05, 0) is 0 Å². The number of esters is 1. The molecule has 1 fully saturated rings. The number of benzene rings is 1. The number of anilines is 1. The van der Waals surface area contributed by atoms with Gasteiger partial charge in [0.15, 0.2) is 17.5 Å². The summed E-state index contributed by atoms with van der Waals surface area (Å²) in [5.74, 6) is -9.61. The van der Waals surface area contributed by atoms with Crippen molar-refractivity contribution < 1.29 is 31.5 Å². The number of nitrogens with one attached hydrogen (secondary N) is 1. The van der Waals surface area contributed by atoms with Gasteiger partial charge < -0.3 is 10.1 Å². The number of hydrogen-bond acceptors (Lipinski definition) is 3. The number of cyclic esters (lactones) is 1. The Kier molecular flexibility index (Phi) is 3.34. The number of ether oxygens (including phenoxy) is 1. The highest BCUT2D eigenvalue weighted by atomic mass is 19.3. The van der Waals surface area contributed by atoms with Crippen LogP contribution in [0.15, 0.2) is 12.1 Å². The minimum Gasteiger partial charge on any atom is -0.456 e. The average molecular weight is 281 g/mol. The summed E-state index contributed by atoms with van der Waals surface area (Å²) < 4.78 is 68.4. The summed E-state index contributed by atoms with van der Waals surface area (Å²) in [5.41, 5.74) is -0.136. The first kappa shape index (κ1) is 13.6. The van der Waals surface area contributed by atoms with Gasteiger partial charge in [-0.1, -0.05) is 0 Å². The molecule has 8 heteroatoms. The van der Waals surface area contributed by atoms with Gasteiger partial charge in [0.2, 0.25) is 0 Å². The summed E-state index contributed by atoms with van der Waals surface area (Å²) in [7, 11) is 0. The van der Waals surface area contributed by atoms with Crippen molar-refractivity contribution in [3.63, 3.8) is 0 Å². The molecule has 0 amide bonds. The highest BCUT2D eigenvalue weighted by Gasteiger charge is 2.50. The van der Waals surface area contributed by atoms with E-state index < -0.39 is 41.9 Å². The Bertz CT molecular complexity index is 497. The van der Waals surface area contributed by atoms with Gasteiger partial charge in [0.25, 0.3) is 0 Å². The molecular formula is C11H8F5NO2. The van der Waals surface area contributed by atoms with E-state index in [1.54, 1.807) is 0 Å². The van der Waals surface area contributed by atoms with E-state index in [9.17, 15) is 26.7 Å². The molecule has 1 N–H and O–H groups in total. The molecule has 0 bridgehead atoms. The monoisotopic (exact) mass is 281 g/mol. The van der Waals surface area contributed by atoms with Crippen LogP contribution in [0.3, 0.4) is 0 Å². The number of halogens is 5. The lowest BCUT2D eigenvalue weighted by molar-refractivity contribution is -0.158. The van der Waals surface area contributed by atoms with Crippen LogP contribution in [-0.2, 0) is 9.53 Å². The third kappa shape index (κ3) is 2.77. The molecule has 1 atom stereocenters. The summed E-state index contributed by atoms with van der Waals surface area (Å²) in [6.07, 6.45) is -1.93. The van der Waals surface area contributed by atoms with Crippen LogP contribution in [0.5, 0.6) is 0 Å². The molecule has 19 heavy (non-hydrogen) atoms. The van der Waals surface area contributed by atoms with E-state index >= 15 is 0 Å². The first-order valence-electron chi connectivity index (χ1n) is 5.27. The molecule has 104 valence electrons. The zero-order valence-electron chi connectivity index (χ0n) is 9.35. The predicted octanol–water partition coefficient (Wildman–Crippen LogP) is 2.47. The zero-order valence-corrected chi connectivity index (χ0v) is 9.35. The molecule has 1 aromatic rings. The number of carbonyl (C=O) groups is 1. The molecule has 1 aromatic carbocycles. The van der Waals surface area contributed by atoms with E-state index in [0.29, 0.717) is 12.1 Å². The van der Waals surface area contributed by atoms with E-state index in [1.165, 1.54) is 0 Å². The quantitative estimate of drug-likeness (QED) is 0.525. The molecule has 2 rings (SSSR count). The maximum absolute atomic E-state index is 12.9. The lowest BCUT2D eigenvalue weighted by atomic mass is 10.2. The molecular weight excluding hydrogens is 273 g/mol. The van der Waals surface area contributed by atoms with Crippen LogP contribution in [-0.4, -0.2) is 24.5 Å². The lowest BCUT2D eigenvalue weighted by Gasteiger charge is -2.11. The van der Waals surface area contributed by atoms with Crippen molar-refractivity contribution in [3.8, 4) is 0 Å². The Morgan fingerprint density at radius 1 is 1.26 bits per heavy atom. The molecule has 0 saturated carbocycles. The molecule has 1 saturated heterocycles. The Morgan fingerprint density at radius 3 is 2.32 bits per heavy atom. The number of hydrogen-bond donors (Lipinski definition) is 1. The maximum Gasteiger partial charge on any atom is 0.377 e. The normalized spacial score (nSPS) is 21.3. The number of carbonyl (C=O) groups excluding carboxylic acids is 1. The zero-order chi connectivity index (χ0) is 14.2. The van der Waals surface area contributed by atoms with Crippen LogP contribution in [0.4, 0.5) is 27.6 Å². The summed E-state index contributed by atoms with van der Waals surface area (Å²) in [5, 5.41) is 2.40. The second-order valence-corrected chi connectivity index (χ2v) is 4.07. The SMILES string of the molecule is O=C1OC(CNc2cc(F)c(F)c(F)c2)CC1(F)F.